The summed E-state index contributed by atoms with van der Waals surface area (Å²) in [5, 5.41) is 8.99. The van der Waals surface area contributed by atoms with Crippen molar-refractivity contribution in [3.05, 3.63) is 22.8 Å². The van der Waals surface area contributed by atoms with Gasteiger partial charge in [0.25, 0.3) is 0 Å². The lowest BCUT2D eigenvalue weighted by Gasteiger charge is -2.18. The number of allylic oxidation sites excluding steroid dienone is 4. The van der Waals surface area contributed by atoms with E-state index < -0.39 is 5.97 Å². The molecule has 0 aromatic carbocycles. The van der Waals surface area contributed by atoms with Crippen LogP contribution >= 0.6 is 0 Å². The topological polar surface area (TPSA) is 37.3 Å². The van der Waals surface area contributed by atoms with Crippen LogP contribution in [-0.4, -0.2) is 11.1 Å². The lowest BCUT2D eigenvalue weighted by molar-refractivity contribution is -0.141. The van der Waals surface area contributed by atoms with Gasteiger partial charge in [0.15, 0.2) is 0 Å². The summed E-state index contributed by atoms with van der Waals surface area (Å²) >= 11 is 0. The van der Waals surface area contributed by atoms with E-state index in [2.05, 4.69) is 33.8 Å². The summed E-state index contributed by atoms with van der Waals surface area (Å²) in [6, 6.07) is 0. The highest BCUT2D eigenvalue weighted by atomic mass is 16.4. The molecule has 1 aliphatic carbocycles. The van der Waals surface area contributed by atoms with E-state index in [0.717, 1.165) is 12.8 Å². The fourth-order valence-electron chi connectivity index (χ4n) is 3.02. The van der Waals surface area contributed by atoms with Gasteiger partial charge in [0.1, 0.15) is 0 Å². The maximum atomic E-state index is 10.9. The average Bonchev–Trinajstić information content (AvgIpc) is 2.66. The van der Waals surface area contributed by atoms with Crippen LogP contribution in [-0.2, 0) is 4.79 Å². The summed E-state index contributed by atoms with van der Waals surface area (Å²) < 4.78 is 0. The number of rotatable bonds is 6. The van der Waals surface area contributed by atoms with Crippen LogP contribution in [0.25, 0.3) is 0 Å². The summed E-state index contributed by atoms with van der Waals surface area (Å²) in [5.74, 6) is 0.224. The Labute approximate surface area is 117 Å². The Bertz CT molecular complexity index is 388. The lowest BCUT2D eigenvalue weighted by atomic mass is 9.87. The fourth-order valence-corrected chi connectivity index (χ4v) is 3.02. The molecular weight excluding hydrogens is 236 g/mol. The van der Waals surface area contributed by atoms with Gasteiger partial charge in [-0.05, 0) is 45.4 Å². The van der Waals surface area contributed by atoms with Crippen LogP contribution in [0.5, 0.6) is 0 Å². The molecular formula is C17H28O2. The number of carbonyl (C=O) groups is 1. The third-order valence-electron chi connectivity index (χ3n) is 4.19. The Morgan fingerprint density at radius 1 is 1.42 bits per heavy atom. The Morgan fingerprint density at radius 3 is 2.58 bits per heavy atom. The molecule has 0 fully saturated rings. The molecule has 1 aliphatic rings. The van der Waals surface area contributed by atoms with Crippen LogP contribution in [0.1, 0.15) is 60.3 Å². The van der Waals surface area contributed by atoms with Crippen molar-refractivity contribution in [2.24, 2.45) is 17.8 Å². The molecule has 0 aromatic heterocycles. The van der Waals surface area contributed by atoms with Crippen LogP contribution in [0, 0.1) is 17.8 Å². The first-order valence-electron chi connectivity index (χ1n) is 7.42. The minimum atomic E-state index is -0.678. The predicted octanol–water partition coefficient (Wildman–Crippen LogP) is 4.82. The van der Waals surface area contributed by atoms with Crippen LogP contribution in [0.3, 0.4) is 0 Å². The Balaban J connectivity index is 2.73. The zero-order valence-corrected chi connectivity index (χ0v) is 13.0. The number of carboxylic acid groups (broad SMARTS) is 1. The zero-order chi connectivity index (χ0) is 14.6. The highest BCUT2D eigenvalue weighted by Crippen LogP contribution is 2.39. The second-order valence-corrected chi connectivity index (χ2v) is 6.33. The van der Waals surface area contributed by atoms with Gasteiger partial charge in [-0.3, -0.25) is 4.79 Å². The zero-order valence-electron chi connectivity index (χ0n) is 13.0. The van der Waals surface area contributed by atoms with Crippen LogP contribution in [0.4, 0.5) is 0 Å². The minimum Gasteiger partial charge on any atom is -0.481 e. The maximum absolute atomic E-state index is 10.9. The molecule has 0 amide bonds. The molecule has 2 atom stereocenters. The molecule has 0 aliphatic heterocycles. The number of hydrogen-bond donors (Lipinski definition) is 1. The van der Waals surface area contributed by atoms with E-state index in [1.165, 1.54) is 29.6 Å². The first-order valence-corrected chi connectivity index (χ1v) is 7.42. The number of hydrogen-bond acceptors (Lipinski definition) is 1. The molecule has 0 heterocycles. The van der Waals surface area contributed by atoms with Gasteiger partial charge in [0.2, 0.25) is 0 Å². The molecule has 0 spiro atoms. The summed E-state index contributed by atoms with van der Waals surface area (Å²) in [5.41, 5.74) is 4.45. The molecule has 108 valence electrons. The van der Waals surface area contributed by atoms with Gasteiger partial charge in [-0.25, -0.2) is 0 Å². The second kappa shape index (κ2) is 6.93. The SMILES string of the molecule is CC1=C(CC[C@@H](C)C(=O)O)[C@@H](/C(C)=C\C(C)C)CC1. The van der Waals surface area contributed by atoms with Crippen LogP contribution in [0.2, 0.25) is 0 Å². The fraction of sp³-hybridized carbons (Fsp3) is 0.706. The molecule has 19 heavy (non-hydrogen) atoms. The molecule has 1 N–H and O–H groups in total. The van der Waals surface area contributed by atoms with Crippen LogP contribution in [0.15, 0.2) is 22.8 Å². The van der Waals surface area contributed by atoms with Crippen molar-refractivity contribution in [3.8, 4) is 0 Å². The van der Waals surface area contributed by atoms with Crippen molar-refractivity contribution in [1.29, 1.82) is 0 Å². The van der Waals surface area contributed by atoms with Crippen molar-refractivity contribution < 1.29 is 9.90 Å². The number of aliphatic carboxylic acids is 1. The highest BCUT2D eigenvalue weighted by Gasteiger charge is 2.25. The first kappa shape index (κ1) is 16.0. The smallest absolute Gasteiger partial charge is 0.306 e. The van der Waals surface area contributed by atoms with Crippen molar-refractivity contribution in [1.82, 2.24) is 0 Å². The Hall–Kier alpha value is -1.05. The van der Waals surface area contributed by atoms with E-state index in [0.29, 0.717) is 11.8 Å². The normalized spacial score (nSPS) is 22.2. The van der Waals surface area contributed by atoms with Gasteiger partial charge >= 0.3 is 5.97 Å². The molecule has 0 aromatic rings. The average molecular weight is 264 g/mol. The lowest BCUT2D eigenvalue weighted by Crippen LogP contribution is -2.11. The predicted molar refractivity (Wildman–Crippen MR) is 80.1 cm³/mol. The third-order valence-corrected chi connectivity index (χ3v) is 4.19. The van der Waals surface area contributed by atoms with Gasteiger partial charge in [0.05, 0.1) is 5.92 Å². The molecule has 0 unspecified atom stereocenters. The molecule has 0 saturated heterocycles. The molecule has 1 rings (SSSR count). The van der Waals surface area contributed by atoms with Gasteiger partial charge in [-0.2, -0.15) is 0 Å². The van der Waals surface area contributed by atoms with E-state index in [-0.39, 0.29) is 5.92 Å². The standard InChI is InChI=1S/C17H28O2/c1-11(2)10-14(5)16-8-6-12(3)15(16)9-7-13(4)17(18)19/h10-11,13,16H,6-9H2,1-5H3,(H,18,19)/b14-10-/t13-,16-/m1/s1. The van der Waals surface area contributed by atoms with Crippen molar-refractivity contribution in [3.63, 3.8) is 0 Å². The molecule has 2 heteroatoms. The van der Waals surface area contributed by atoms with E-state index in [9.17, 15) is 4.79 Å². The van der Waals surface area contributed by atoms with Gasteiger partial charge in [0, 0.05) is 5.92 Å². The largest absolute Gasteiger partial charge is 0.481 e. The van der Waals surface area contributed by atoms with Gasteiger partial charge in [-0.1, -0.05) is 43.6 Å². The minimum absolute atomic E-state index is 0.240. The summed E-state index contributed by atoms with van der Waals surface area (Å²) in [7, 11) is 0. The summed E-state index contributed by atoms with van der Waals surface area (Å²) in [6.45, 7) is 10.7. The van der Waals surface area contributed by atoms with E-state index in [1.54, 1.807) is 6.92 Å². The Morgan fingerprint density at radius 2 is 2.05 bits per heavy atom. The van der Waals surface area contributed by atoms with Gasteiger partial charge in [-0.15, -0.1) is 0 Å². The van der Waals surface area contributed by atoms with Crippen molar-refractivity contribution in [2.45, 2.75) is 60.3 Å². The second-order valence-electron chi connectivity index (χ2n) is 6.33. The first-order chi connectivity index (χ1) is 8.82. The Kier molecular flexibility index (Phi) is 5.84. The van der Waals surface area contributed by atoms with E-state index in [4.69, 9.17) is 5.11 Å². The maximum Gasteiger partial charge on any atom is 0.306 e. The molecule has 0 bridgehead atoms. The monoisotopic (exact) mass is 264 g/mol. The van der Waals surface area contributed by atoms with Crippen molar-refractivity contribution >= 4 is 5.97 Å². The summed E-state index contributed by atoms with van der Waals surface area (Å²) in [6.07, 6.45) is 6.42. The number of carboxylic acids is 1. The van der Waals surface area contributed by atoms with Crippen LogP contribution < -0.4 is 0 Å². The highest BCUT2D eigenvalue weighted by molar-refractivity contribution is 5.69. The summed E-state index contributed by atoms with van der Waals surface area (Å²) in [4.78, 5) is 10.9. The molecule has 0 radical (unpaired) electrons. The van der Waals surface area contributed by atoms with E-state index in [1.807, 2.05) is 0 Å². The van der Waals surface area contributed by atoms with E-state index >= 15 is 0 Å². The quantitative estimate of drug-likeness (QED) is 0.699. The third kappa shape index (κ3) is 4.52. The molecule has 0 saturated carbocycles. The molecule has 2 nitrogen and oxygen atoms in total. The van der Waals surface area contributed by atoms with Crippen molar-refractivity contribution in [2.75, 3.05) is 0 Å². The van der Waals surface area contributed by atoms with Gasteiger partial charge < -0.3 is 5.11 Å².